The zero-order chi connectivity index (χ0) is 16.1. The number of ether oxygens (including phenoxy) is 1. The van der Waals surface area contributed by atoms with Crippen LogP contribution in [-0.4, -0.2) is 31.5 Å². The molecule has 3 rings (SSSR count). The van der Waals surface area contributed by atoms with Gasteiger partial charge in [-0.15, -0.1) is 0 Å². The van der Waals surface area contributed by atoms with Crippen molar-refractivity contribution in [2.45, 2.75) is 13.0 Å². The molecule has 7 heteroatoms. The molecule has 0 aliphatic carbocycles. The Balaban J connectivity index is 1.67. The van der Waals surface area contributed by atoms with E-state index in [4.69, 9.17) is 4.74 Å². The minimum absolute atomic E-state index is 0.288. The third-order valence-corrected chi connectivity index (χ3v) is 3.10. The summed E-state index contributed by atoms with van der Waals surface area (Å²) in [5.41, 5.74) is 0. The van der Waals surface area contributed by atoms with E-state index < -0.39 is 6.10 Å². The highest BCUT2D eigenvalue weighted by atomic mass is 16.5. The summed E-state index contributed by atoms with van der Waals surface area (Å²) in [5, 5.41) is 2.72. The van der Waals surface area contributed by atoms with Crippen LogP contribution in [0.4, 0.5) is 5.82 Å². The number of aromatic nitrogens is 4. The molecule has 1 N–H and O–H groups in total. The Morgan fingerprint density at radius 2 is 2.09 bits per heavy atom. The number of nitrogens with one attached hydrogen (secondary N) is 1. The predicted octanol–water partition coefficient (Wildman–Crippen LogP) is 2.07. The lowest BCUT2D eigenvalue weighted by atomic mass is 10.3. The van der Waals surface area contributed by atoms with Gasteiger partial charge in [0.1, 0.15) is 30.0 Å². The fourth-order valence-electron chi connectivity index (χ4n) is 1.94. The molecule has 0 saturated heterocycles. The van der Waals surface area contributed by atoms with Gasteiger partial charge in [-0.05, 0) is 19.1 Å². The van der Waals surface area contributed by atoms with Crippen molar-refractivity contribution in [1.82, 2.24) is 19.5 Å². The molecule has 23 heavy (non-hydrogen) atoms. The number of imidazole rings is 1. The van der Waals surface area contributed by atoms with Crippen molar-refractivity contribution in [3.8, 4) is 11.6 Å². The summed E-state index contributed by atoms with van der Waals surface area (Å²) >= 11 is 0. The monoisotopic (exact) mass is 309 g/mol. The molecule has 1 amide bonds. The summed E-state index contributed by atoms with van der Waals surface area (Å²) in [7, 11) is 0. The normalized spacial score (nSPS) is 11.7. The maximum atomic E-state index is 12.2. The van der Waals surface area contributed by atoms with Crippen LogP contribution in [0.3, 0.4) is 0 Å². The van der Waals surface area contributed by atoms with Crippen molar-refractivity contribution in [1.29, 1.82) is 0 Å². The van der Waals surface area contributed by atoms with Crippen LogP contribution in [0.15, 0.2) is 61.4 Å². The SMILES string of the molecule is CC(Oc1ccccc1)C(=O)Nc1cc(-n2ccnc2)ncn1. The van der Waals surface area contributed by atoms with E-state index in [9.17, 15) is 4.79 Å². The second kappa shape index (κ2) is 6.69. The van der Waals surface area contributed by atoms with Crippen LogP contribution in [0.2, 0.25) is 0 Å². The molecule has 3 aromatic rings. The van der Waals surface area contributed by atoms with Gasteiger partial charge in [-0.1, -0.05) is 18.2 Å². The molecule has 116 valence electrons. The zero-order valence-electron chi connectivity index (χ0n) is 12.5. The predicted molar refractivity (Wildman–Crippen MR) is 84.3 cm³/mol. The van der Waals surface area contributed by atoms with Crippen LogP contribution >= 0.6 is 0 Å². The zero-order valence-corrected chi connectivity index (χ0v) is 12.5. The number of para-hydroxylation sites is 1. The van der Waals surface area contributed by atoms with Gasteiger partial charge in [0.25, 0.3) is 5.91 Å². The van der Waals surface area contributed by atoms with Gasteiger partial charge in [-0.3, -0.25) is 9.36 Å². The number of amides is 1. The summed E-state index contributed by atoms with van der Waals surface area (Å²) in [6, 6.07) is 10.8. The molecular weight excluding hydrogens is 294 g/mol. The van der Waals surface area contributed by atoms with Crippen molar-refractivity contribution in [2.24, 2.45) is 0 Å². The molecule has 0 bridgehead atoms. The smallest absolute Gasteiger partial charge is 0.266 e. The van der Waals surface area contributed by atoms with Gasteiger partial charge < -0.3 is 10.1 Å². The number of rotatable bonds is 5. The first-order valence-corrected chi connectivity index (χ1v) is 7.05. The Hall–Kier alpha value is -3.22. The highest BCUT2D eigenvalue weighted by Crippen LogP contribution is 2.13. The van der Waals surface area contributed by atoms with Gasteiger partial charge in [0.05, 0.1) is 0 Å². The Morgan fingerprint density at radius 1 is 1.26 bits per heavy atom. The molecule has 2 heterocycles. The van der Waals surface area contributed by atoms with Gasteiger partial charge >= 0.3 is 0 Å². The van der Waals surface area contributed by atoms with Crippen LogP contribution in [0.25, 0.3) is 5.82 Å². The van der Waals surface area contributed by atoms with Gasteiger partial charge in [-0.2, -0.15) is 0 Å². The largest absolute Gasteiger partial charge is 0.481 e. The maximum Gasteiger partial charge on any atom is 0.266 e. The summed E-state index contributed by atoms with van der Waals surface area (Å²) < 4.78 is 7.30. The first-order valence-electron chi connectivity index (χ1n) is 7.05. The van der Waals surface area contributed by atoms with E-state index in [-0.39, 0.29) is 5.91 Å². The molecule has 1 atom stereocenters. The lowest BCUT2D eigenvalue weighted by Crippen LogP contribution is -2.30. The van der Waals surface area contributed by atoms with Gasteiger partial charge in [0.2, 0.25) is 0 Å². The number of carbonyl (C=O) groups is 1. The van der Waals surface area contributed by atoms with E-state index in [2.05, 4.69) is 20.3 Å². The molecule has 7 nitrogen and oxygen atoms in total. The molecule has 0 spiro atoms. The Kier molecular flexibility index (Phi) is 4.28. The minimum atomic E-state index is -0.649. The van der Waals surface area contributed by atoms with E-state index in [1.54, 1.807) is 48.4 Å². The molecule has 0 aliphatic rings. The summed E-state index contributed by atoms with van der Waals surface area (Å²) in [6.07, 6.45) is 5.76. The number of anilines is 1. The van der Waals surface area contributed by atoms with Crippen molar-refractivity contribution in [3.63, 3.8) is 0 Å². The van der Waals surface area contributed by atoms with Crippen LogP contribution in [-0.2, 0) is 4.79 Å². The summed E-state index contributed by atoms with van der Waals surface area (Å²) in [4.78, 5) is 24.3. The lowest BCUT2D eigenvalue weighted by molar-refractivity contribution is -0.122. The van der Waals surface area contributed by atoms with E-state index in [0.29, 0.717) is 17.4 Å². The minimum Gasteiger partial charge on any atom is -0.481 e. The molecule has 1 unspecified atom stereocenters. The van der Waals surface area contributed by atoms with Crippen LogP contribution in [0.1, 0.15) is 6.92 Å². The molecule has 0 radical (unpaired) electrons. The topological polar surface area (TPSA) is 81.9 Å². The van der Waals surface area contributed by atoms with Crippen molar-refractivity contribution >= 4 is 11.7 Å². The standard InChI is InChI=1S/C16H15N5O2/c1-12(23-13-5-3-2-4-6-13)16(22)20-14-9-15(19-10-18-14)21-8-7-17-11-21/h2-12H,1H3,(H,18,19,20,22). The van der Waals surface area contributed by atoms with Crippen molar-refractivity contribution in [2.75, 3.05) is 5.32 Å². The second-order valence-electron chi connectivity index (χ2n) is 4.79. The fourth-order valence-corrected chi connectivity index (χ4v) is 1.94. The highest BCUT2D eigenvalue weighted by molar-refractivity contribution is 5.93. The quantitative estimate of drug-likeness (QED) is 0.780. The fraction of sp³-hybridized carbons (Fsp3) is 0.125. The van der Waals surface area contributed by atoms with Crippen LogP contribution in [0.5, 0.6) is 5.75 Å². The van der Waals surface area contributed by atoms with Gasteiger partial charge in [0.15, 0.2) is 6.10 Å². The Morgan fingerprint density at radius 3 is 2.83 bits per heavy atom. The van der Waals surface area contributed by atoms with Crippen LogP contribution in [0, 0.1) is 0 Å². The summed E-state index contributed by atoms with van der Waals surface area (Å²) in [5.74, 6) is 1.36. The van der Waals surface area contributed by atoms with E-state index in [1.165, 1.54) is 6.33 Å². The first kappa shape index (κ1) is 14.7. The molecule has 2 aromatic heterocycles. The van der Waals surface area contributed by atoms with Crippen LogP contribution < -0.4 is 10.1 Å². The van der Waals surface area contributed by atoms with Gasteiger partial charge in [-0.25, -0.2) is 15.0 Å². The Bertz CT molecular complexity index is 774. The number of hydrogen-bond acceptors (Lipinski definition) is 5. The molecule has 0 fully saturated rings. The highest BCUT2D eigenvalue weighted by Gasteiger charge is 2.15. The average Bonchev–Trinajstić information content (AvgIpc) is 3.10. The second-order valence-corrected chi connectivity index (χ2v) is 4.79. The van der Waals surface area contributed by atoms with E-state index in [1.807, 2.05) is 18.2 Å². The molecule has 1 aromatic carbocycles. The number of benzene rings is 1. The molecular formula is C16H15N5O2. The van der Waals surface area contributed by atoms with Gasteiger partial charge in [0, 0.05) is 18.5 Å². The Labute approximate surface area is 133 Å². The average molecular weight is 309 g/mol. The summed E-state index contributed by atoms with van der Waals surface area (Å²) in [6.45, 7) is 1.68. The third-order valence-electron chi connectivity index (χ3n) is 3.10. The number of nitrogens with zero attached hydrogens (tertiary/aromatic N) is 4. The molecule has 0 saturated carbocycles. The van der Waals surface area contributed by atoms with E-state index >= 15 is 0 Å². The lowest BCUT2D eigenvalue weighted by Gasteiger charge is -2.14. The van der Waals surface area contributed by atoms with Crippen molar-refractivity contribution < 1.29 is 9.53 Å². The first-order chi connectivity index (χ1) is 11.2. The third kappa shape index (κ3) is 3.70. The van der Waals surface area contributed by atoms with E-state index in [0.717, 1.165) is 0 Å². The van der Waals surface area contributed by atoms with Crippen molar-refractivity contribution in [3.05, 3.63) is 61.4 Å². The number of carbonyl (C=O) groups excluding carboxylic acids is 1. The maximum absolute atomic E-state index is 12.2. The number of hydrogen-bond donors (Lipinski definition) is 1. The molecule has 0 aliphatic heterocycles.